The van der Waals surface area contributed by atoms with Crippen LogP contribution in [0.15, 0.2) is 23.1 Å². The monoisotopic (exact) mass is 363 g/mol. The molecule has 0 saturated heterocycles. The molecule has 0 aromatic heterocycles. The van der Waals surface area contributed by atoms with Gasteiger partial charge in [0.2, 0.25) is 10.0 Å². The minimum Gasteiger partial charge on any atom is -0.480 e. The van der Waals surface area contributed by atoms with Crippen molar-refractivity contribution in [2.24, 2.45) is 10.6 Å². The zero-order valence-corrected chi connectivity index (χ0v) is 14.3. The molecule has 0 aliphatic rings. The van der Waals surface area contributed by atoms with Gasteiger partial charge in [0.25, 0.3) is 5.91 Å². The Morgan fingerprint density at radius 2 is 1.87 bits per heavy atom. The molecule has 23 heavy (non-hydrogen) atoms. The predicted molar refractivity (Wildman–Crippen MR) is 84.3 cm³/mol. The summed E-state index contributed by atoms with van der Waals surface area (Å²) in [7, 11) is -4.08. The fraction of sp³-hybridized carbons (Fsp3) is 0.385. The summed E-state index contributed by atoms with van der Waals surface area (Å²) in [6.45, 7) is 5.06. The molecule has 0 aliphatic heterocycles. The molecule has 1 aromatic carbocycles. The summed E-state index contributed by atoms with van der Waals surface area (Å²) in [6.07, 6.45) is 0. The number of carboxylic acids is 1. The molecule has 5 N–H and O–H groups in total. The van der Waals surface area contributed by atoms with Crippen molar-refractivity contribution in [3.63, 3.8) is 0 Å². The van der Waals surface area contributed by atoms with Crippen molar-refractivity contribution in [1.29, 1.82) is 0 Å². The molecule has 1 amide bonds. The van der Waals surface area contributed by atoms with E-state index >= 15 is 0 Å². The average Bonchev–Trinajstić information content (AvgIpc) is 2.35. The number of amides is 1. The minimum absolute atomic E-state index is 0.0380. The van der Waals surface area contributed by atoms with Gasteiger partial charge >= 0.3 is 5.97 Å². The maximum absolute atomic E-state index is 12.0. The van der Waals surface area contributed by atoms with Crippen molar-refractivity contribution in [2.75, 3.05) is 0 Å². The first kappa shape index (κ1) is 19.4. The van der Waals surface area contributed by atoms with Crippen molar-refractivity contribution >= 4 is 33.5 Å². The third-order valence-electron chi connectivity index (χ3n) is 2.94. The summed E-state index contributed by atoms with van der Waals surface area (Å²) < 4.78 is 22.8. The smallest absolute Gasteiger partial charge is 0.323 e. The summed E-state index contributed by atoms with van der Waals surface area (Å²) in [4.78, 5) is 22.9. The van der Waals surface area contributed by atoms with Gasteiger partial charge < -0.3 is 5.11 Å². The third-order valence-corrected chi connectivity index (χ3v) is 4.34. The van der Waals surface area contributed by atoms with Crippen molar-refractivity contribution in [3.05, 3.63) is 28.8 Å². The number of benzene rings is 1. The summed E-state index contributed by atoms with van der Waals surface area (Å²) in [5.41, 5.74) is 3.95. The van der Waals surface area contributed by atoms with Crippen molar-refractivity contribution in [2.45, 2.75) is 31.7 Å². The van der Waals surface area contributed by atoms with Crippen molar-refractivity contribution in [3.8, 4) is 0 Å². The zero-order valence-electron chi connectivity index (χ0n) is 12.8. The van der Waals surface area contributed by atoms with Crippen LogP contribution in [0, 0.1) is 5.41 Å². The van der Waals surface area contributed by atoms with Crippen LogP contribution in [0.1, 0.15) is 31.1 Å². The van der Waals surface area contributed by atoms with Crippen LogP contribution in [-0.4, -0.2) is 31.4 Å². The highest BCUT2D eigenvalue weighted by Crippen LogP contribution is 2.22. The van der Waals surface area contributed by atoms with E-state index in [0.717, 1.165) is 6.07 Å². The lowest BCUT2D eigenvalue weighted by Gasteiger charge is -2.27. The summed E-state index contributed by atoms with van der Waals surface area (Å²) in [6, 6.07) is 2.48. The van der Waals surface area contributed by atoms with Crippen LogP contribution in [0.3, 0.4) is 0 Å². The van der Waals surface area contributed by atoms with Crippen LogP contribution in [0.2, 0.25) is 5.02 Å². The fourth-order valence-corrected chi connectivity index (χ4v) is 2.79. The number of hydrazine groups is 1. The van der Waals surface area contributed by atoms with Gasteiger partial charge in [-0.15, -0.1) is 0 Å². The number of halogens is 1. The predicted octanol–water partition coefficient (Wildman–Crippen LogP) is 0.721. The molecule has 1 unspecified atom stereocenters. The second-order valence-corrected chi connectivity index (χ2v) is 7.86. The molecule has 1 aromatic rings. The Balaban J connectivity index is 2.98. The lowest BCUT2D eigenvalue weighted by Crippen LogP contribution is -2.54. The van der Waals surface area contributed by atoms with E-state index in [9.17, 15) is 18.0 Å². The molecule has 1 atom stereocenters. The molecule has 0 bridgehead atoms. The standard InChI is InChI=1S/C13H18ClN3O5S/c1-13(2,3)10(12(19)20)16-17-11(18)7-4-5-8(14)9(6-7)23(15,21)22/h4-6,10,16H,1-3H3,(H,17,18)(H,19,20)(H2,15,21,22). The number of hydrogen-bond acceptors (Lipinski definition) is 5. The van der Waals surface area contributed by atoms with Crippen LogP contribution in [-0.2, 0) is 14.8 Å². The van der Waals surface area contributed by atoms with Gasteiger partial charge in [-0.3, -0.25) is 15.0 Å². The first-order valence-electron chi connectivity index (χ1n) is 6.45. The van der Waals surface area contributed by atoms with Gasteiger partial charge in [0.1, 0.15) is 10.9 Å². The van der Waals surface area contributed by atoms with Crippen molar-refractivity contribution < 1.29 is 23.1 Å². The summed E-state index contributed by atoms with van der Waals surface area (Å²) in [5, 5.41) is 14.0. The van der Waals surface area contributed by atoms with Crippen LogP contribution in [0.5, 0.6) is 0 Å². The highest BCUT2D eigenvalue weighted by molar-refractivity contribution is 7.89. The molecule has 8 nitrogen and oxygen atoms in total. The van der Waals surface area contributed by atoms with Gasteiger partial charge in [0, 0.05) is 5.56 Å². The van der Waals surface area contributed by atoms with Gasteiger partial charge in [0.05, 0.1) is 5.02 Å². The van der Waals surface area contributed by atoms with E-state index in [1.165, 1.54) is 12.1 Å². The molecule has 0 fully saturated rings. The van der Waals surface area contributed by atoms with Crippen LogP contribution < -0.4 is 16.0 Å². The van der Waals surface area contributed by atoms with E-state index < -0.39 is 38.3 Å². The molecular formula is C13H18ClN3O5S. The normalized spacial score (nSPS) is 13.4. The number of carbonyl (C=O) groups excluding carboxylic acids is 1. The molecule has 0 saturated carbocycles. The largest absolute Gasteiger partial charge is 0.480 e. The maximum Gasteiger partial charge on any atom is 0.323 e. The highest BCUT2D eigenvalue weighted by Gasteiger charge is 2.31. The third kappa shape index (κ3) is 5.17. The number of carbonyl (C=O) groups is 2. The van der Waals surface area contributed by atoms with E-state index in [0.29, 0.717) is 0 Å². The SMILES string of the molecule is CC(C)(C)C(NNC(=O)c1ccc(Cl)c(S(N)(=O)=O)c1)C(=O)O. The quantitative estimate of drug-likeness (QED) is 0.568. The van der Waals surface area contributed by atoms with E-state index in [1.807, 2.05) is 0 Å². The summed E-state index contributed by atoms with van der Waals surface area (Å²) in [5.74, 6) is -1.86. The molecule has 1 rings (SSSR count). The molecule has 128 valence electrons. The Hall–Kier alpha value is -1.68. The number of primary sulfonamides is 1. The number of hydrogen-bond donors (Lipinski definition) is 4. The lowest BCUT2D eigenvalue weighted by molar-refractivity contribution is -0.142. The van der Waals surface area contributed by atoms with E-state index in [1.54, 1.807) is 20.8 Å². The number of rotatable bonds is 5. The summed E-state index contributed by atoms with van der Waals surface area (Å²) >= 11 is 5.73. The number of sulfonamides is 1. The van der Waals surface area contributed by atoms with Crippen LogP contribution in [0.25, 0.3) is 0 Å². The molecule has 0 spiro atoms. The van der Waals surface area contributed by atoms with Gasteiger partial charge in [-0.25, -0.2) is 19.0 Å². The minimum atomic E-state index is -4.08. The Labute approximate surface area is 139 Å². The molecule has 0 aliphatic carbocycles. The number of nitrogens with one attached hydrogen (secondary N) is 2. The molecule has 10 heteroatoms. The molecule has 0 radical (unpaired) electrons. The van der Waals surface area contributed by atoms with Crippen LogP contribution in [0.4, 0.5) is 0 Å². The maximum atomic E-state index is 12.0. The number of nitrogens with two attached hydrogens (primary N) is 1. The second-order valence-electron chi connectivity index (χ2n) is 5.93. The second kappa shape index (κ2) is 6.83. The number of carboxylic acid groups (broad SMARTS) is 1. The molecular weight excluding hydrogens is 346 g/mol. The Morgan fingerprint density at radius 3 is 2.30 bits per heavy atom. The van der Waals surface area contributed by atoms with E-state index in [2.05, 4.69) is 10.9 Å². The topological polar surface area (TPSA) is 139 Å². The fourth-order valence-electron chi connectivity index (χ4n) is 1.72. The van der Waals surface area contributed by atoms with Gasteiger partial charge in [0.15, 0.2) is 0 Å². The van der Waals surface area contributed by atoms with Gasteiger partial charge in [-0.2, -0.15) is 0 Å². The lowest BCUT2D eigenvalue weighted by atomic mass is 9.87. The zero-order chi connectivity index (χ0) is 18.0. The Morgan fingerprint density at radius 1 is 1.30 bits per heavy atom. The Bertz CT molecular complexity index is 728. The van der Waals surface area contributed by atoms with Gasteiger partial charge in [-0.05, 0) is 23.6 Å². The first-order valence-corrected chi connectivity index (χ1v) is 8.37. The first-order chi connectivity index (χ1) is 10.3. The molecule has 0 heterocycles. The highest BCUT2D eigenvalue weighted by atomic mass is 35.5. The van der Waals surface area contributed by atoms with E-state index in [4.69, 9.17) is 21.8 Å². The van der Waals surface area contributed by atoms with E-state index in [-0.39, 0.29) is 10.6 Å². The van der Waals surface area contributed by atoms with Gasteiger partial charge in [-0.1, -0.05) is 32.4 Å². The van der Waals surface area contributed by atoms with Crippen molar-refractivity contribution in [1.82, 2.24) is 10.9 Å². The van der Waals surface area contributed by atoms with Crippen LogP contribution >= 0.6 is 11.6 Å². The Kier molecular flexibility index (Phi) is 5.75. The number of aliphatic carboxylic acids is 1. The average molecular weight is 364 g/mol.